The molecule has 38 heavy (non-hydrogen) atoms. The Hall–Kier alpha value is -0.450. The molecule has 2 aliphatic heterocycles. The van der Waals surface area contributed by atoms with Crippen molar-refractivity contribution in [3.63, 3.8) is 0 Å². The van der Waals surface area contributed by atoms with Crippen LogP contribution in [0.5, 0.6) is 0 Å². The van der Waals surface area contributed by atoms with Gasteiger partial charge in [-0.3, -0.25) is 9.59 Å². The number of hydrogen-bond acceptors (Lipinski definition) is 8. The van der Waals surface area contributed by atoms with Crippen molar-refractivity contribution in [2.75, 3.05) is 0 Å². The van der Waals surface area contributed by atoms with Gasteiger partial charge in [0.25, 0.3) is 0 Å². The zero-order chi connectivity index (χ0) is 29.4. The number of carbonyl (C=O) groups excluding carboxylic acids is 2. The Morgan fingerprint density at radius 2 is 1.61 bits per heavy atom. The lowest BCUT2D eigenvalue weighted by Crippen LogP contribution is -2.66. The van der Waals surface area contributed by atoms with E-state index >= 15 is 0 Å². The maximum absolute atomic E-state index is 13.7. The highest BCUT2D eigenvalue weighted by Gasteiger charge is 2.53. The maximum Gasteiger partial charge on any atom is 0.219 e. The number of aliphatic hydroxyl groups is 2. The summed E-state index contributed by atoms with van der Waals surface area (Å²) < 4.78 is 24.5. The molecule has 10 unspecified atom stereocenters. The van der Waals surface area contributed by atoms with Gasteiger partial charge in [-0.15, -0.1) is 0 Å². The molecule has 0 aliphatic carbocycles. The van der Waals surface area contributed by atoms with Gasteiger partial charge in [-0.25, -0.2) is 0 Å². The van der Waals surface area contributed by atoms with Gasteiger partial charge in [-0.1, -0.05) is 66.6 Å². The summed E-state index contributed by atoms with van der Waals surface area (Å²) in [7, 11) is 2.67. The predicted molar refractivity (Wildman–Crippen MR) is 151 cm³/mol. The standard InChI is InChI=1S/C27H50NO8PS/c1-12-15-13-16(17(28-14(2)29)22(33-15)25(3,4)5)34-24-19(31)18(30)20(36-26(6,7)8)21(35-24)23(32)38(37)27(9,10)11/h15-22,24,30-31,37H,12-13H2,1-11H3,(H,28,29). The molecule has 0 aromatic carbocycles. The number of rotatable bonds is 6. The number of hydrogen-bond donors (Lipinski definition) is 3. The molecule has 222 valence electrons. The highest BCUT2D eigenvalue weighted by Crippen LogP contribution is 2.37. The first-order valence-electron chi connectivity index (χ1n) is 13.4. The van der Waals surface area contributed by atoms with Crippen LogP contribution in [0.15, 0.2) is 0 Å². The van der Waals surface area contributed by atoms with E-state index in [-0.39, 0.29) is 28.6 Å². The van der Waals surface area contributed by atoms with E-state index in [4.69, 9.17) is 18.9 Å². The molecule has 0 radical (unpaired) electrons. The van der Waals surface area contributed by atoms with Crippen LogP contribution in [-0.2, 0) is 38.6 Å². The van der Waals surface area contributed by atoms with Crippen LogP contribution in [0, 0.1) is 5.41 Å². The van der Waals surface area contributed by atoms with Crippen LogP contribution in [0.3, 0.4) is 0 Å². The highest BCUT2D eigenvalue weighted by molar-refractivity contribution is 8.27. The zero-order valence-electron chi connectivity index (χ0n) is 24.9. The number of carbonyl (C=O) groups is 2. The molecule has 2 fully saturated rings. The van der Waals surface area contributed by atoms with Crippen LogP contribution < -0.4 is 5.32 Å². The highest BCUT2D eigenvalue weighted by atomic mass is 32.5. The summed E-state index contributed by atoms with van der Waals surface area (Å²) >= 11 is 0. The minimum Gasteiger partial charge on any atom is -0.387 e. The van der Waals surface area contributed by atoms with E-state index in [1.807, 2.05) is 69.2 Å². The van der Waals surface area contributed by atoms with Gasteiger partial charge in [0.1, 0.15) is 18.3 Å². The van der Waals surface area contributed by atoms with Crippen molar-refractivity contribution in [1.29, 1.82) is 0 Å². The number of nitrogens with one attached hydrogen (secondary N) is 1. The fourth-order valence-electron chi connectivity index (χ4n) is 4.77. The van der Waals surface area contributed by atoms with Gasteiger partial charge in [0.05, 0.1) is 30.0 Å². The van der Waals surface area contributed by atoms with E-state index in [0.717, 1.165) is 6.42 Å². The van der Waals surface area contributed by atoms with Crippen molar-refractivity contribution in [2.24, 2.45) is 5.41 Å². The molecule has 0 aromatic rings. The lowest BCUT2D eigenvalue weighted by Gasteiger charge is -2.49. The summed E-state index contributed by atoms with van der Waals surface area (Å²) in [4.78, 5) is 25.8. The molecule has 3 N–H and O–H groups in total. The van der Waals surface area contributed by atoms with E-state index in [9.17, 15) is 19.8 Å². The van der Waals surface area contributed by atoms with E-state index < -0.39 is 63.3 Å². The Kier molecular flexibility index (Phi) is 11.2. The maximum atomic E-state index is 13.7. The molecular weight excluding hydrogens is 529 g/mol. The van der Waals surface area contributed by atoms with Crippen molar-refractivity contribution in [3.8, 4) is 0 Å². The summed E-state index contributed by atoms with van der Waals surface area (Å²) in [6, 6.07) is -0.527. The van der Waals surface area contributed by atoms with Crippen LogP contribution in [0.2, 0.25) is 0 Å². The molecule has 10 atom stereocenters. The lowest BCUT2D eigenvalue weighted by atomic mass is 9.79. The summed E-state index contributed by atoms with van der Waals surface area (Å²) in [5, 5.41) is 25.0. The zero-order valence-corrected chi connectivity index (χ0v) is 26.7. The Bertz CT molecular complexity index is 865. The third kappa shape index (κ3) is 8.53. The van der Waals surface area contributed by atoms with Crippen LogP contribution >= 0.6 is 8.02 Å². The van der Waals surface area contributed by atoms with E-state index in [0.29, 0.717) is 6.42 Å². The molecule has 11 heteroatoms. The van der Waals surface area contributed by atoms with Crippen LogP contribution in [0.4, 0.5) is 0 Å². The first kappa shape index (κ1) is 33.8. The first-order chi connectivity index (χ1) is 17.2. The molecule has 2 rings (SSSR count). The van der Waals surface area contributed by atoms with Crippen molar-refractivity contribution in [2.45, 2.75) is 154 Å². The molecule has 2 saturated heterocycles. The van der Waals surface area contributed by atoms with Gasteiger partial charge in [-0.2, -0.15) is 0 Å². The number of ether oxygens (including phenoxy) is 4. The van der Waals surface area contributed by atoms with Crippen LogP contribution in [0.1, 0.15) is 89.0 Å². The van der Waals surface area contributed by atoms with Gasteiger partial charge in [-0.05, 0) is 32.6 Å². The topological polar surface area (TPSA) is 124 Å². The van der Waals surface area contributed by atoms with Gasteiger partial charge in [0.2, 0.25) is 11.0 Å². The Morgan fingerprint density at radius 1 is 1.03 bits per heavy atom. The van der Waals surface area contributed by atoms with E-state index in [1.54, 1.807) is 0 Å². The Labute approximate surface area is 232 Å². The predicted octanol–water partition coefficient (Wildman–Crippen LogP) is 3.12. The Morgan fingerprint density at radius 3 is 2.05 bits per heavy atom. The number of amides is 1. The monoisotopic (exact) mass is 579 g/mol. The molecule has 0 bridgehead atoms. The van der Waals surface area contributed by atoms with Crippen molar-refractivity contribution >= 4 is 29.1 Å². The SMILES string of the molecule is CCC1CC(OC2OC(C(=O)S(=P)C(C)(C)C)C(OC(C)(C)C)C(O)C2O)C(NC(C)=O)C(C(C)(C)C)O1. The average molecular weight is 580 g/mol. The molecular formula is C27H50NO8PS. The second-order valence-corrected chi connectivity index (χ2v) is 16.9. The van der Waals surface area contributed by atoms with Gasteiger partial charge in [0.15, 0.2) is 12.4 Å². The molecule has 1 amide bonds. The second-order valence-electron chi connectivity index (χ2n) is 13.4. The van der Waals surface area contributed by atoms with Crippen molar-refractivity contribution < 1.29 is 38.7 Å². The average Bonchev–Trinajstić information content (AvgIpc) is 2.76. The molecule has 0 saturated carbocycles. The van der Waals surface area contributed by atoms with E-state index in [2.05, 4.69) is 13.3 Å². The third-order valence-corrected chi connectivity index (χ3v) is 10.9. The van der Waals surface area contributed by atoms with Gasteiger partial charge < -0.3 is 34.5 Å². The second kappa shape index (κ2) is 12.6. The fraction of sp³-hybridized carbons (Fsp3) is 0.926. The molecule has 2 heterocycles. The molecule has 0 aromatic heterocycles. The van der Waals surface area contributed by atoms with Crippen LogP contribution in [-0.4, -0.2) is 86.6 Å². The number of aliphatic hydroxyl groups excluding tert-OH is 2. The fourth-order valence-corrected chi connectivity index (χ4v) is 6.14. The smallest absolute Gasteiger partial charge is 0.219 e. The lowest BCUT2D eigenvalue weighted by molar-refractivity contribution is -0.324. The summed E-state index contributed by atoms with van der Waals surface area (Å²) in [6.07, 6.45) is -6.44. The molecule has 0 spiro atoms. The minimum atomic E-state index is -1.48. The molecule has 9 nitrogen and oxygen atoms in total. The summed E-state index contributed by atoms with van der Waals surface area (Å²) in [6.45, 7) is 20.8. The van der Waals surface area contributed by atoms with Gasteiger partial charge in [0, 0.05) is 18.1 Å². The Balaban J connectivity index is 2.45. The third-order valence-electron chi connectivity index (χ3n) is 6.63. The first-order valence-corrected chi connectivity index (χ1v) is 15.9. The minimum absolute atomic E-state index is 0.136. The molecule has 2 aliphatic rings. The normalized spacial score (nSPS) is 36.0. The van der Waals surface area contributed by atoms with Crippen LogP contribution in [0.25, 0.3) is 0 Å². The summed E-state index contributed by atoms with van der Waals surface area (Å²) in [5.41, 5.74) is -1.03. The quantitative estimate of drug-likeness (QED) is 0.410. The van der Waals surface area contributed by atoms with Gasteiger partial charge >= 0.3 is 0 Å². The summed E-state index contributed by atoms with van der Waals surface area (Å²) in [5.74, 6) is -0.235. The van der Waals surface area contributed by atoms with E-state index in [1.165, 1.54) is 6.92 Å². The van der Waals surface area contributed by atoms with Crippen molar-refractivity contribution in [1.82, 2.24) is 5.32 Å². The largest absolute Gasteiger partial charge is 0.387 e. The van der Waals surface area contributed by atoms with Crippen molar-refractivity contribution in [3.05, 3.63) is 0 Å².